The predicted molar refractivity (Wildman–Crippen MR) is 82.9 cm³/mol. The van der Waals surface area contributed by atoms with E-state index in [2.05, 4.69) is 0 Å². The summed E-state index contributed by atoms with van der Waals surface area (Å²) >= 11 is 0. The van der Waals surface area contributed by atoms with Crippen molar-refractivity contribution in [1.82, 2.24) is 4.90 Å². The molecule has 1 aliphatic rings. The van der Waals surface area contributed by atoms with E-state index in [1.807, 2.05) is 4.90 Å². The molecule has 3 nitrogen and oxygen atoms in total. The fourth-order valence-electron chi connectivity index (χ4n) is 2.91. The molecule has 0 amide bonds. The Labute approximate surface area is 138 Å². The van der Waals surface area contributed by atoms with Crippen LogP contribution in [0.15, 0.2) is 42.5 Å². The molecule has 0 radical (unpaired) electrons. The van der Waals surface area contributed by atoms with Gasteiger partial charge in [0, 0.05) is 30.8 Å². The number of aliphatic hydroxyl groups excluding tert-OH is 1. The zero-order valence-electron chi connectivity index (χ0n) is 13.0. The average Bonchev–Trinajstić information content (AvgIpc) is 2.57. The van der Waals surface area contributed by atoms with Gasteiger partial charge in [-0.2, -0.15) is 0 Å². The maximum atomic E-state index is 13.9. The van der Waals surface area contributed by atoms with Gasteiger partial charge in [-0.25, -0.2) is 13.2 Å². The second-order valence-electron chi connectivity index (χ2n) is 5.82. The minimum Gasteiger partial charge on any atom is -0.387 e. The molecule has 1 aliphatic heterocycles. The molecule has 0 bridgehead atoms. The first kappa shape index (κ1) is 17.0. The van der Waals surface area contributed by atoms with Crippen LogP contribution in [-0.2, 0) is 4.74 Å². The van der Waals surface area contributed by atoms with Gasteiger partial charge in [-0.3, -0.25) is 4.90 Å². The molecule has 2 atom stereocenters. The SMILES string of the molecule is OC(CN1CCOC(c2ccccc2F)C1)c1cc(F)ccc1F. The largest absolute Gasteiger partial charge is 0.387 e. The lowest BCUT2D eigenvalue weighted by Crippen LogP contribution is -2.40. The summed E-state index contributed by atoms with van der Waals surface area (Å²) in [5, 5.41) is 10.2. The van der Waals surface area contributed by atoms with Gasteiger partial charge in [-0.15, -0.1) is 0 Å². The standard InChI is InChI=1S/C18H18F3NO2/c19-12-5-6-16(21)14(9-12)17(23)10-22-7-8-24-18(11-22)13-3-1-2-4-15(13)20/h1-6,9,17-18,23H,7-8,10-11H2. The van der Waals surface area contributed by atoms with Crippen LogP contribution in [0.5, 0.6) is 0 Å². The molecule has 2 unspecified atom stereocenters. The van der Waals surface area contributed by atoms with E-state index >= 15 is 0 Å². The van der Waals surface area contributed by atoms with Gasteiger partial charge in [0.2, 0.25) is 0 Å². The molecule has 1 heterocycles. The fraction of sp³-hybridized carbons (Fsp3) is 0.333. The molecule has 2 aromatic carbocycles. The van der Waals surface area contributed by atoms with Crippen molar-refractivity contribution in [2.24, 2.45) is 0 Å². The highest BCUT2D eigenvalue weighted by Gasteiger charge is 2.26. The summed E-state index contributed by atoms with van der Waals surface area (Å²) in [5.41, 5.74) is 0.373. The van der Waals surface area contributed by atoms with Crippen LogP contribution in [0.4, 0.5) is 13.2 Å². The smallest absolute Gasteiger partial charge is 0.129 e. The van der Waals surface area contributed by atoms with Crippen molar-refractivity contribution in [3.63, 3.8) is 0 Å². The first-order chi connectivity index (χ1) is 11.5. The summed E-state index contributed by atoms with van der Waals surface area (Å²) < 4.78 is 46.5. The van der Waals surface area contributed by atoms with Crippen LogP contribution in [-0.4, -0.2) is 36.2 Å². The molecule has 1 N–H and O–H groups in total. The van der Waals surface area contributed by atoms with Crippen molar-refractivity contribution in [1.29, 1.82) is 0 Å². The Balaban J connectivity index is 1.69. The van der Waals surface area contributed by atoms with Crippen molar-refractivity contribution < 1.29 is 23.0 Å². The number of morpholine rings is 1. The van der Waals surface area contributed by atoms with Crippen LogP contribution >= 0.6 is 0 Å². The summed E-state index contributed by atoms with van der Waals surface area (Å²) in [7, 11) is 0. The van der Waals surface area contributed by atoms with Crippen LogP contribution in [0.2, 0.25) is 0 Å². The van der Waals surface area contributed by atoms with Crippen LogP contribution in [0.25, 0.3) is 0 Å². The van der Waals surface area contributed by atoms with Crippen LogP contribution in [0.1, 0.15) is 23.3 Å². The van der Waals surface area contributed by atoms with Crippen molar-refractivity contribution in [3.05, 3.63) is 71.0 Å². The number of benzene rings is 2. The summed E-state index contributed by atoms with van der Waals surface area (Å²) in [6, 6.07) is 9.37. The van der Waals surface area contributed by atoms with Crippen molar-refractivity contribution in [2.45, 2.75) is 12.2 Å². The molecule has 6 heteroatoms. The van der Waals surface area contributed by atoms with E-state index in [0.717, 1.165) is 18.2 Å². The maximum absolute atomic E-state index is 13.9. The number of hydrogen-bond acceptors (Lipinski definition) is 3. The zero-order valence-corrected chi connectivity index (χ0v) is 13.0. The number of β-amino-alcohol motifs (C(OH)–C–C–N with tert-alkyl or cyclic N) is 1. The summed E-state index contributed by atoms with van der Waals surface area (Å²) in [5.74, 6) is -1.60. The van der Waals surface area contributed by atoms with Gasteiger partial charge in [-0.05, 0) is 24.3 Å². The lowest BCUT2D eigenvalue weighted by atomic mass is 10.0. The minimum atomic E-state index is -1.17. The topological polar surface area (TPSA) is 32.7 Å². The lowest BCUT2D eigenvalue weighted by molar-refractivity contribution is -0.0440. The lowest BCUT2D eigenvalue weighted by Gasteiger charge is -2.34. The summed E-state index contributed by atoms with van der Waals surface area (Å²) in [4.78, 5) is 1.86. The predicted octanol–water partition coefficient (Wildman–Crippen LogP) is 3.21. The van der Waals surface area contributed by atoms with E-state index in [1.54, 1.807) is 18.2 Å². The Morgan fingerprint density at radius 3 is 2.71 bits per heavy atom. The van der Waals surface area contributed by atoms with Gasteiger partial charge in [-0.1, -0.05) is 18.2 Å². The van der Waals surface area contributed by atoms with Gasteiger partial charge in [0.1, 0.15) is 17.5 Å². The third-order valence-electron chi connectivity index (χ3n) is 4.15. The highest BCUT2D eigenvalue weighted by atomic mass is 19.1. The molecular weight excluding hydrogens is 319 g/mol. The normalized spacial score (nSPS) is 20.1. The minimum absolute atomic E-state index is 0.0797. The maximum Gasteiger partial charge on any atom is 0.129 e. The molecule has 128 valence electrons. The number of ether oxygens (including phenoxy) is 1. The van der Waals surface area contributed by atoms with E-state index in [1.165, 1.54) is 6.07 Å². The molecule has 2 aromatic rings. The van der Waals surface area contributed by atoms with E-state index in [9.17, 15) is 18.3 Å². The fourth-order valence-corrected chi connectivity index (χ4v) is 2.91. The van der Waals surface area contributed by atoms with Gasteiger partial charge >= 0.3 is 0 Å². The zero-order chi connectivity index (χ0) is 17.1. The molecule has 1 fully saturated rings. The van der Waals surface area contributed by atoms with Gasteiger partial charge in [0.15, 0.2) is 0 Å². The molecule has 0 aromatic heterocycles. The highest BCUT2D eigenvalue weighted by Crippen LogP contribution is 2.26. The monoisotopic (exact) mass is 337 g/mol. The summed E-state index contributed by atoms with van der Waals surface area (Å²) in [6.07, 6.45) is -1.62. The number of nitrogens with zero attached hydrogens (tertiary/aromatic N) is 1. The molecule has 24 heavy (non-hydrogen) atoms. The Hall–Kier alpha value is -1.89. The molecule has 3 rings (SSSR count). The molecule has 0 aliphatic carbocycles. The van der Waals surface area contributed by atoms with E-state index in [-0.39, 0.29) is 17.9 Å². The van der Waals surface area contributed by atoms with Crippen molar-refractivity contribution in [3.8, 4) is 0 Å². The summed E-state index contributed by atoms with van der Waals surface area (Å²) in [6.45, 7) is 1.39. The molecule has 0 spiro atoms. The Morgan fingerprint density at radius 2 is 1.92 bits per heavy atom. The first-order valence-electron chi connectivity index (χ1n) is 7.76. The van der Waals surface area contributed by atoms with Crippen molar-refractivity contribution in [2.75, 3.05) is 26.2 Å². The average molecular weight is 337 g/mol. The first-order valence-corrected chi connectivity index (χ1v) is 7.76. The number of rotatable bonds is 4. The third-order valence-corrected chi connectivity index (χ3v) is 4.15. The van der Waals surface area contributed by atoms with Gasteiger partial charge < -0.3 is 9.84 Å². The highest BCUT2D eigenvalue weighted by molar-refractivity contribution is 5.22. The number of aliphatic hydroxyl groups is 1. The second-order valence-corrected chi connectivity index (χ2v) is 5.82. The third kappa shape index (κ3) is 3.77. The van der Waals surface area contributed by atoms with E-state index in [0.29, 0.717) is 25.3 Å². The van der Waals surface area contributed by atoms with Crippen LogP contribution < -0.4 is 0 Å². The Bertz CT molecular complexity index is 710. The van der Waals surface area contributed by atoms with E-state index < -0.39 is 23.8 Å². The van der Waals surface area contributed by atoms with Crippen molar-refractivity contribution >= 4 is 0 Å². The quantitative estimate of drug-likeness (QED) is 0.930. The van der Waals surface area contributed by atoms with Crippen LogP contribution in [0, 0.1) is 17.5 Å². The van der Waals surface area contributed by atoms with E-state index in [4.69, 9.17) is 4.74 Å². The van der Waals surface area contributed by atoms with Crippen LogP contribution in [0.3, 0.4) is 0 Å². The Morgan fingerprint density at radius 1 is 1.12 bits per heavy atom. The number of halogens is 3. The molecule has 1 saturated heterocycles. The second kappa shape index (κ2) is 7.34. The van der Waals surface area contributed by atoms with Gasteiger partial charge in [0.25, 0.3) is 0 Å². The molecule has 0 saturated carbocycles. The molecular formula is C18H18F3NO2. The Kier molecular flexibility index (Phi) is 5.18. The number of hydrogen-bond donors (Lipinski definition) is 1. The van der Waals surface area contributed by atoms with Gasteiger partial charge in [0.05, 0.1) is 18.8 Å².